The summed E-state index contributed by atoms with van der Waals surface area (Å²) in [5.41, 5.74) is 3.78. The van der Waals surface area contributed by atoms with E-state index in [9.17, 15) is 19.8 Å². The topological polar surface area (TPSA) is 116 Å². The van der Waals surface area contributed by atoms with Crippen molar-refractivity contribution in [3.63, 3.8) is 0 Å². The highest BCUT2D eigenvalue weighted by atomic mass is 32.2. The van der Waals surface area contributed by atoms with Gasteiger partial charge < -0.3 is 20.9 Å². The molecule has 6 nitrogen and oxygen atoms in total. The normalized spacial score (nSPS) is 15.7. The molecule has 2 unspecified atom stereocenters. The van der Waals surface area contributed by atoms with E-state index >= 15 is 0 Å². The van der Waals surface area contributed by atoms with Gasteiger partial charge in [-0.2, -0.15) is 11.8 Å². The molecule has 0 fully saturated rings. The molecule has 0 bridgehead atoms. The van der Waals surface area contributed by atoms with E-state index in [1.807, 2.05) is 6.92 Å². The van der Waals surface area contributed by atoms with Crippen LogP contribution in [0.4, 0.5) is 0 Å². The van der Waals surface area contributed by atoms with Gasteiger partial charge in [-0.15, -0.1) is 0 Å². The molecule has 19 heavy (non-hydrogen) atoms. The summed E-state index contributed by atoms with van der Waals surface area (Å²) in [7, 11) is 0. The fourth-order valence-electron chi connectivity index (χ4n) is 1.63. The minimum atomic E-state index is -2.09. The van der Waals surface area contributed by atoms with Crippen molar-refractivity contribution in [1.82, 2.24) is 4.98 Å². The summed E-state index contributed by atoms with van der Waals surface area (Å²) in [5, 5.41) is 19.5. The van der Waals surface area contributed by atoms with Gasteiger partial charge in [0.25, 0.3) is 0 Å². The van der Waals surface area contributed by atoms with Gasteiger partial charge in [-0.05, 0) is 5.75 Å². The Labute approximate surface area is 115 Å². The first-order valence-electron chi connectivity index (χ1n) is 5.87. The predicted octanol–water partition coefficient (Wildman–Crippen LogP) is -0.187. The molecule has 1 rings (SSSR count). The summed E-state index contributed by atoms with van der Waals surface area (Å²) in [6.45, 7) is 1.92. The van der Waals surface area contributed by atoms with Gasteiger partial charge in [0.1, 0.15) is 0 Å². The van der Waals surface area contributed by atoms with Crippen molar-refractivity contribution in [3.8, 4) is 0 Å². The highest BCUT2D eigenvalue weighted by molar-refractivity contribution is 7.99. The number of hydrogen-bond donors (Lipinski definition) is 4. The van der Waals surface area contributed by atoms with E-state index in [2.05, 4.69) is 4.98 Å². The number of carbonyl (C=O) groups is 1. The fraction of sp³-hybridized carbons (Fsp3) is 0.500. The van der Waals surface area contributed by atoms with Crippen LogP contribution in [0.15, 0.2) is 23.1 Å². The van der Waals surface area contributed by atoms with E-state index in [4.69, 9.17) is 5.73 Å². The molecule has 1 aromatic heterocycles. The summed E-state index contributed by atoms with van der Waals surface area (Å²) >= 11 is 1.45. The van der Waals surface area contributed by atoms with Crippen LogP contribution >= 0.6 is 11.8 Å². The standard InChI is InChI=1S/C12H18N2O4S/c1-2-19-7-10(13)12(18,11(16)17)6-8-5-9(15)3-4-14-8/h3-5,10,18H,2,6-7,13H2,1H3,(H,14,15)(H,16,17). The minimum Gasteiger partial charge on any atom is -0.479 e. The van der Waals surface area contributed by atoms with Gasteiger partial charge >= 0.3 is 5.97 Å². The maximum absolute atomic E-state index is 11.3. The maximum atomic E-state index is 11.3. The second-order valence-corrected chi connectivity index (χ2v) is 5.54. The summed E-state index contributed by atoms with van der Waals surface area (Å²) in [6.07, 6.45) is 1.18. The van der Waals surface area contributed by atoms with Crippen LogP contribution in [-0.4, -0.2) is 44.3 Å². The second kappa shape index (κ2) is 6.74. The van der Waals surface area contributed by atoms with Gasteiger partial charge in [0.05, 0.1) is 6.04 Å². The Bertz CT molecular complexity index is 491. The third-order valence-corrected chi connectivity index (χ3v) is 3.78. The molecule has 0 amide bonds. The van der Waals surface area contributed by atoms with E-state index in [1.54, 1.807) is 0 Å². The second-order valence-electron chi connectivity index (χ2n) is 4.22. The number of aliphatic carboxylic acids is 1. The molecule has 7 heteroatoms. The lowest BCUT2D eigenvalue weighted by Gasteiger charge is -2.29. The van der Waals surface area contributed by atoms with Crippen LogP contribution < -0.4 is 11.2 Å². The third-order valence-electron chi connectivity index (χ3n) is 2.78. The third kappa shape index (κ3) is 4.09. The van der Waals surface area contributed by atoms with Gasteiger partial charge in [0.2, 0.25) is 0 Å². The zero-order valence-corrected chi connectivity index (χ0v) is 11.4. The molecule has 0 spiro atoms. The van der Waals surface area contributed by atoms with Gasteiger partial charge in [-0.3, -0.25) is 4.79 Å². The van der Waals surface area contributed by atoms with E-state index in [0.29, 0.717) is 11.4 Å². The van der Waals surface area contributed by atoms with Crippen molar-refractivity contribution in [2.75, 3.05) is 11.5 Å². The van der Waals surface area contributed by atoms with Crippen molar-refractivity contribution >= 4 is 17.7 Å². The van der Waals surface area contributed by atoms with Gasteiger partial charge in [0, 0.05) is 36.2 Å². The van der Waals surface area contributed by atoms with Crippen LogP contribution in [0, 0.1) is 0 Å². The molecule has 1 heterocycles. The molecule has 0 aliphatic rings. The monoisotopic (exact) mass is 286 g/mol. The Hall–Kier alpha value is -1.31. The summed E-state index contributed by atoms with van der Waals surface area (Å²) in [4.78, 5) is 25.2. The van der Waals surface area contributed by atoms with Gasteiger partial charge in [-0.1, -0.05) is 6.92 Å². The van der Waals surface area contributed by atoms with Crippen LogP contribution in [0.2, 0.25) is 0 Å². The highest BCUT2D eigenvalue weighted by Crippen LogP contribution is 2.18. The number of H-pyrrole nitrogens is 1. The van der Waals surface area contributed by atoms with Crippen LogP contribution in [-0.2, 0) is 11.2 Å². The average molecular weight is 286 g/mol. The molecule has 0 aliphatic heterocycles. The molecule has 5 N–H and O–H groups in total. The van der Waals surface area contributed by atoms with E-state index in [-0.39, 0.29) is 11.8 Å². The van der Waals surface area contributed by atoms with Crippen molar-refractivity contribution in [2.24, 2.45) is 5.73 Å². The molecular weight excluding hydrogens is 268 g/mol. The summed E-state index contributed by atoms with van der Waals surface area (Å²) < 4.78 is 0. The van der Waals surface area contributed by atoms with Crippen molar-refractivity contribution < 1.29 is 15.0 Å². The first-order valence-corrected chi connectivity index (χ1v) is 7.02. The number of nitrogens with one attached hydrogen (secondary N) is 1. The number of hydrogen-bond acceptors (Lipinski definition) is 5. The molecule has 0 aromatic carbocycles. The minimum absolute atomic E-state index is 0.232. The lowest BCUT2D eigenvalue weighted by molar-refractivity contribution is -0.160. The van der Waals surface area contributed by atoms with Crippen LogP contribution in [0.5, 0.6) is 0 Å². The van der Waals surface area contributed by atoms with Crippen molar-refractivity contribution in [1.29, 1.82) is 0 Å². The van der Waals surface area contributed by atoms with Crippen LogP contribution in [0.25, 0.3) is 0 Å². The number of aliphatic hydroxyl groups is 1. The van der Waals surface area contributed by atoms with Crippen LogP contribution in [0.1, 0.15) is 12.6 Å². The number of pyridine rings is 1. The van der Waals surface area contributed by atoms with Gasteiger partial charge in [0.15, 0.2) is 11.0 Å². The van der Waals surface area contributed by atoms with E-state index < -0.39 is 17.6 Å². The first-order chi connectivity index (χ1) is 8.90. The quantitative estimate of drug-likeness (QED) is 0.552. The predicted molar refractivity (Wildman–Crippen MR) is 74.3 cm³/mol. The fourth-order valence-corrected chi connectivity index (χ4v) is 2.40. The number of carboxylic acid groups (broad SMARTS) is 1. The molecule has 0 saturated heterocycles. The number of rotatable bonds is 7. The zero-order chi connectivity index (χ0) is 14.5. The Morgan fingerprint density at radius 3 is 2.84 bits per heavy atom. The number of nitrogens with two attached hydrogens (primary N) is 1. The van der Waals surface area contributed by atoms with E-state index in [0.717, 1.165) is 5.75 Å². The smallest absolute Gasteiger partial charge is 0.337 e. The number of carboxylic acids is 1. The van der Waals surface area contributed by atoms with Gasteiger partial charge in [-0.25, -0.2) is 4.79 Å². The van der Waals surface area contributed by atoms with Crippen molar-refractivity contribution in [3.05, 3.63) is 34.2 Å². The van der Waals surface area contributed by atoms with Crippen LogP contribution in [0.3, 0.4) is 0 Å². The lowest BCUT2D eigenvalue weighted by Crippen LogP contribution is -2.57. The molecule has 106 valence electrons. The number of thioether (sulfide) groups is 1. The first kappa shape index (κ1) is 15.7. The summed E-state index contributed by atoms with van der Waals surface area (Å²) in [6, 6.07) is 1.66. The Morgan fingerprint density at radius 1 is 1.63 bits per heavy atom. The average Bonchev–Trinajstić information content (AvgIpc) is 2.35. The van der Waals surface area contributed by atoms with E-state index in [1.165, 1.54) is 30.1 Å². The number of aromatic nitrogens is 1. The molecule has 1 aromatic rings. The van der Waals surface area contributed by atoms with Crippen molar-refractivity contribution in [2.45, 2.75) is 25.0 Å². The Balaban J connectivity index is 2.93. The molecular formula is C12H18N2O4S. The molecule has 2 atom stereocenters. The SMILES string of the molecule is CCSCC(N)C(O)(Cc1cc(=O)cc[nH]1)C(=O)O. The highest BCUT2D eigenvalue weighted by Gasteiger charge is 2.42. The lowest BCUT2D eigenvalue weighted by atomic mass is 9.90. The maximum Gasteiger partial charge on any atom is 0.337 e. The largest absolute Gasteiger partial charge is 0.479 e. The zero-order valence-electron chi connectivity index (χ0n) is 10.6. The summed E-state index contributed by atoms with van der Waals surface area (Å²) in [5.74, 6) is -0.275. The Kier molecular flexibility index (Phi) is 5.59. The number of aromatic amines is 1. The molecule has 0 aliphatic carbocycles. The molecule has 0 saturated carbocycles. The Morgan fingerprint density at radius 2 is 2.32 bits per heavy atom. The molecule has 0 radical (unpaired) electrons.